The Morgan fingerprint density at radius 1 is 1.06 bits per heavy atom. The van der Waals surface area contributed by atoms with Gasteiger partial charge in [0.1, 0.15) is 12.4 Å². The van der Waals surface area contributed by atoms with Crippen LogP contribution in [0.2, 0.25) is 0 Å². The van der Waals surface area contributed by atoms with Gasteiger partial charge in [-0.2, -0.15) is 0 Å². The number of aryl methyl sites for hydroxylation is 2. The predicted molar refractivity (Wildman–Crippen MR) is 116 cm³/mol. The van der Waals surface area contributed by atoms with E-state index in [0.29, 0.717) is 23.8 Å². The summed E-state index contributed by atoms with van der Waals surface area (Å²) in [5.41, 5.74) is 3.23. The van der Waals surface area contributed by atoms with Crippen LogP contribution in [-0.2, 0) is 11.3 Å². The van der Waals surface area contributed by atoms with Crippen LogP contribution in [0.5, 0.6) is 5.75 Å². The maximum absolute atomic E-state index is 12.5. The summed E-state index contributed by atoms with van der Waals surface area (Å²) in [6.07, 6.45) is -0.678. The molecule has 0 fully saturated rings. The number of aromatic nitrogens is 3. The fourth-order valence-electron chi connectivity index (χ4n) is 2.81. The zero-order chi connectivity index (χ0) is 21.8. The summed E-state index contributed by atoms with van der Waals surface area (Å²) in [4.78, 5) is 16.8. The largest absolute Gasteiger partial charge is 0.487 e. The topological polar surface area (TPSA) is 87.3 Å². The zero-order valence-corrected chi connectivity index (χ0v) is 18.2. The van der Waals surface area contributed by atoms with Crippen molar-refractivity contribution in [3.63, 3.8) is 0 Å². The van der Waals surface area contributed by atoms with E-state index in [-0.39, 0.29) is 5.89 Å². The molecule has 4 rings (SSSR count). The Labute approximate surface area is 183 Å². The second kappa shape index (κ2) is 9.09. The first-order valence-electron chi connectivity index (χ1n) is 9.73. The molecule has 0 bridgehead atoms. The number of esters is 1. The molecule has 0 saturated carbocycles. The SMILES string of the molecule is Cc1ccc(-c2nnc(C(C)OC(=O)c3ccc(OCc4csc(C)n4)cc3)o2)cc1. The van der Waals surface area contributed by atoms with Crippen LogP contribution in [0.15, 0.2) is 58.3 Å². The number of carbonyl (C=O) groups is 1. The molecule has 2 aromatic heterocycles. The van der Waals surface area contributed by atoms with Crippen molar-refractivity contribution in [3.05, 3.63) is 81.6 Å². The minimum atomic E-state index is -0.678. The van der Waals surface area contributed by atoms with Crippen molar-refractivity contribution in [2.24, 2.45) is 0 Å². The minimum Gasteiger partial charge on any atom is -0.487 e. The third kappa shape index (κ3) is 5.16. The van der Waals surface area contributed by atoms with Crippen molar-refractivity contribution in [2.45, 2.75) is 33.5 Å². The Morgan fingerprint density at radius 2 is 1.81 bits per heavy atom. The highest BCUT2D eigenvalue weighted by molar-refractivity contribution is 7.09. The van der Waals surface area contributed by atoms with Crippen LogP contribution in [0.3, 0.4) is 0 Å². The highest BCUT2D eigenvalue weighted by Gasteiger charge is 2.20. The first-order valence-corrected chi connectivity index (χ1v) is 10.6. The Morgan fingerprint density at radius 3 is 2.48 bits per heavy atom. The molecule has 0 amide bonds. The van der Waals surface area contributed by atoms with Crippen molar-refractivity contribution in [3.8, 4) is 17.2 Å². The molecule has 2 heterocycles. The standard InChI is InChI=1S/C23H21N3O4S/c1-14-4-6-17(7-5-14)22-26-25-21(30-22)15(2)29-23(27)18-8-10-20(11-9-18)28-12-19-13-31-16(3)24-19/h4-11,13,15H,12H2,1-3H3. The number of ether oxygens (including phenoxy) is 2. The van der Waals surface area contributed by atoms with Crippen LogP contribution in [0.1, 0.15) is 45.5 Å². The second-order valence-corrected chi connectivity index (χ2v) is 8.09. The molecule has 4 aromatic rings. The van der Waals surface area contributed by atoms with Crippen LogP contribution in [0, 0.1) is 13.8 Å². The summed E-state index contributed by atoms with van der Waals surface area (Å²) in [7, 11) is 0. The van der Waals surface area contributed by atoms with Crippen molar-refractivity contribution in [1.29, 1.82) is 0 Å². The molecule has 0 N–H and O–H groups in total. The molecule has 158 valence electrons. The number of nitrogens with zero attached hydrogens (tertiary/aromatic N) is 3. The van der Waals surface area contributed by atoms with E-state index >= 15 is 0 Å². The Kier molecular flexibility index (Phi) is 6.08. The Balaban J connectivity index is 1.35. The lowest BCUT2D eigenvalue weighted by Crippen LogP contribution is -2.09. The molecule has 0 aliphatic heterocycles. The predicted octanol–water partition coefficient (Wildman–Crippen LogP) is 5.31. The number of thiazole rings is 1. The fraction of sp³-hybridized carbons (Fsp3) is 0.217. The van der Waals surface area contributed by atoms with Crippen molar-refractivity contribution >= 4 is 17.3 Å². The lowest BCUT2D eigenvalue weighted by atomic mass is 10.1. The number of rotatable bonds is 7. The van der Waals surface area contributed by atoms with E-state index in [0.717, 1.165) is 21.8 Å². The van der Waals surface area contributed by atoms with Crippen LogP contribution in [0.4, 0.5) is 0 Å². The van der Waals surface area contributed by atoms with Gasteiger partial charge in [-0.1, -0.05) is 17.7 Å². The van der Waals surface area contributed by atoms with Crippen LogP contribution in [0.25, 0.3) is 11.5 Å². The van der Waals surface area contributed by atoms with Crippen LogP contribution < -0.4 is 4.74 Å². The summed E-state index contributed by atoms with van der Waals surface area (Å²) in [5.74, 6) is 0.788. The first kappa shape index (κ1) is 20.7. The van der Waals surface area contributed by atoms with Gasteiger partial charge in [-0.15, -0.1) is 21.5 Å². The molecule has 1 unspecified atom stereocenters. The van der Waals surface area contributed by atoms with E-state index in [9.17, 15) is 4.79 Å². The van der Waals surface area contributed by atoms with Gasteiger partial charge in [0.2, 0.25) is 5.89 Å². The molecule has 8 heteroatoms. The summed E-state index contributed by atoms with van der Waals surface area (Å²) < 4.78 is 16.9. The summed E-state index contributed by atoms with van der Waals surface area (Å²) >= 11 is 1.58. The van der Waals surface area contributed by atoms with Crippen molar-refractivity contribution in [1.82, 2.24) is 15.2 Å². The molecule has 0 spiro atoms. The fourth-order valence-corrected chi connectivity index (χ4v) is 3.41. The normalized spacial score (nSPS) is 11.8. The monoisotopic (exact) mass is 435 g/mol. The number of benzene rings is 2. The highest BCUT2D eigenvalue weighted by atomic mass is 32.1. The second-order valence-electron chi connectivity index (χ2n) is 7.03. The molecular formula is C23H21N3O4S. The highest BCUT2D eigenvalue weighted by Crippen LogP contribution is 2.24. The van der Waals surface area contributed by atoms with E-state index in [1.807, 2.05) is 43.5 Å². The molecule has 31 heavy (non-hydrogen) atoms. The van der Waals surface area contributed by atoms with Crippen LogP contribution >= 0.6 is 11.3 Å². The number of carbonyl (C=O) groups excluding carboxylic acids is 1. The average Bonchev–Trinajstić information content (AvgIpc) is 3.42. The van der Waals surface area contributed by atoms with Gasteiger partial charge in [0.25, 0.3) is 5.89 Å². The summed E-state index contributed by atoms with van der Waals surface area (Å²) in [6.45, 7) is 6.03. The zero-order valence-electron chi connectivity index (χ0n) is 17.4. The summed E-state index contributed by atoms with van der Waals surface area (Å²) in [5, 5.41) is 11.0. The minimum absolute atomic E-state index is 0.238. The van der Waals surface area contributed by atoms with Gasteiger partial charge in [0, 0.05) is 10.9 Å². The third-order valence-corrected chi connectivity index (χ3v) is 5.34. The van der Waals surface area contributed by atoms with E-state index < -0.39 is 12.1 Å². The molecule has 0 aliphatic rings. The van der Waals surface area contributed by atoms with Gasteiger partial charge >= 0.3 is 5.97 Å². The lowest BCUT2D eigenvalue weighted by Gasteiger charge is -2.10. The van der Waals surface area contributed by atoms with Crippen molar-refractivity contribution < 1.29 is 18.7 Å². The maximum Gasteiger partial charge on any atom is 0.338 e. The molecule has 0 radical (unpaired) electrons. The molecule has 2 aromatic carbocycles. The lowest BCUT2D eigenvalue weighted by molar-refractivity contribution is 0.0280. The van der Waals surface area contributed by atoms with E-state index in [1.165, 1.54) is 0 Å². The molecule has 7 nitrogen and oxygen atoms in total. The number of hydrogen-bond acceptors (Lipinski definition) is 8. The summed E-state index contributed by atoms with van der Waals surface area (Å²) in [6, 6.07) is 14.5. The smallest absolute Gasteiger partial charge is 0.338 e. The van der Waals surface area contributed by atoms with Gasteiger partial charge in [-0.3, -0.25) is 0 Å². The maximum atomic E-state index is 12.5. The molecule has 0 saturated heterocycles. The quantitative estimate of drug-likeness (QED) is 0.364. The van der Waals surface area contributed by atoms with E-state index in [4.69, 9.17) is 13.9 Å². The van der Waals surface area contributed by atoms with E-state index in [2.05, 4.69) is 15.2 Å². The van der Waals surface area contributed by atoms with Gasteiger partial charge in [-0.25, -0.2) is 9.78 Å². The first-order chi connectivity index (χ1) is 15.0. The van der Waals surface area contributed by atoms with E-state index in [1.54, 1.807) is 42.5 Å². The van der Waals surface area contributed by atoms with Crippen LogP contribution in [-0.4, -0.2) is 21.2 Å². The average molecular weight is 436 g/mol. The van der Waals surface area contributed by atoms with Gasteiger partial charge < -0.3 is 13.9 Å². The van der Waals surface area contributed by atoms with Gasteiger partial charge in [0.05, 0.1) is 16.3 Å². The van der Waals surface area contributed by atoms with Gasteiger partial charge in [0.15, 0.2) is 6.10 Å². The molecular weight excluding hydrogens is 414 g/mol. The molecule has 1 atom stereocenters. The van der Waals surface area contributed by atoms with Crippen molar-refractivity contribution in [2.75, 3.05) is 0 Å². The third-order valence-electron chi connectivity index (χ3n) is 4.51. The Bertz CT molecular complexity index is 1170. The molecule has 0 aliphatic carbocycles. The van der Waals surface area contributed by atoms with Gasteiger partial charge in [-0.05, 0) is 57.2 Å². The number of hydrogen-bond donors (Lipinski definition) is 0. The Hall–Kier alpha value is -3.52.